The number of phenols is 1. The second-order valence-corrected chi connectivity index (χ2v) is 6.72. The summed E-state index contributed by atoms with van der Waals surface area (Å²) >= 11 is 0. The van der Waals surface area contributed by atoms with E-state index in [0.717, 1.165) is 49.7 Å². The summed E-state index contributed by atoms with van der Waals surface area (Å²) in [5, 5.41) is 14.0. The summed E-state index contributed by atoms with van der Waals surface area (Å²) in [6, 6.07) is 12.3. The van der Waals surface area contributed by atoms with E-state index in [1.54, 1.807) is 25.3 Å². The van der Waals surface area contributed by atoms with Crippen molar-refractivity contribution >= 4 is 11.6 Å². The van der Waals surface area contributed by atoms with Crippen LogP contribution in [0.25, 0.3) is 0 Å². The molecule has 1 fully saturated rings. The molecule has 1 aliphatic rings. The summed E-state index contributed by atoms with van der Waals surface area (Å²) < 4.78 is 10.9. The predicted octanol–water partition coefficient (Wildman–Crippen LogP) is 0.970. The van der Waals surface area contributed by atoms with Crippen molar-refractivity contribution in [3.8, 4) is 11.5 Å². The number of aromatic hydroxyl groups is 1. The molecule has 3 N–H and O–H groups in total. The van der Waals surface area contributed by atoms with Gasteiger partial charge in [-0.1, -0.05) is 12.1 Å². The standard InChI is InChI=1S/C21H25N3O4/c1-15(22-23-21(26)18-5-3-4-6-19(18)25)16-7-8-20(27-2)17(13-16)14-24-9-11-28-12-10-24/h3-8,13,25H,9-12,14H2,1-2H3,(H,23,26)/p+1/b22-15-. The molecule has 2 aromatic rings. The van der Waals surface area contributed by atoms with Crippen molar-refractivity contribution in [2.75, 3.05) is 33.4 Å². The fourth-order valence-corrected chi connectivity index (χ4v) is 3.17. The minimum absolute atomic E-state index is 0.0759. The van der Waals surface area contributed by atoms with Gasteiger partial charge in [-0.3, -0.25) is 4.79 Å². The number of nitrogens with zero attached hydrogens (tertiary/aromatic N) is 1. The Morgan fingerprint density at radius 3 is 2.71 bits per heavy atom. The molecule has 1 heterocycles. The first-order valence-electron chi connectivity index (χ1n) is 9.29. The van der Waals surface area contributed by atoms with Gasteiger partial charge in [-0.15, -0.1) is 0 Å². The first-order valence-corrected chi connectivity index (χ1v) is 9.29. The van der Waals surface area contributed by atoms with Crippen LogP contribution in [0.2, 0.25) is 0 Å². The molecule has 1 amide bonds. The minimum Gasteiger partial charge on any atom is -0.507 e. The molecule has 1 saturated heterocycles. The van der Waals surface area contributed by atoms with E-state index in [9.17, 15) is 9.90 Å². The van der Waals surface area contributed by atoms with Crippen molar-refractivity contribution in [2.24, 2.45) is 5.10 Å². The lowest BCUT2D eigenvalue weighted by molar-refractivity contribution is -0.921. The number of nitrogens with one attached hydrogen (secondary N) is 2. The highest BCUT2D eigenvalue weighted by molar-refractivity contribution is 6.01. The van der Waals surface area contributed by atoms with Gasteiger partial charge in [0, 0.05) is 5.56 Å². The maximum atomic E-state index is 12.2. The Kier molecular flexibility index (Phi) is 6.62. The Balaban J connectivity index is 1.74. The zero-order valence-electron chi connectivity index (χ0n) is 16.2. The molecule has 148 valence electrons. The monoisotopic (exact) mass is 384 g/mol. The number of hydrogen-bond acceptors (Lipinski definition) is 5. The van der Waals surface area contributed by atoms with E-state index in [4.69, 9.17) is 9.47 Å². The number of amides is 1. The molecule has 1 aliphatic heterocycles. The highest BCUT2D eigenvalue weighted by atomic mass is 16.5. The van der Waals surface area contributed by atoms with Gasteiger partial charge in [-0.05, 0) is 42.8 Å². The van der Waals surface area contributed by atoms with E-state index in [1.165, 1.54) is 11.0 Å². The Bertz CT molecular complexity index is 860. The van der Waals surface area contributed by atoms with Crippen LogP contribution in [0.1, 0.15) is 28.4 Å². The van der Waals surface area contributed by atoms with Gasteiger partial charge in [0.05, 0.1) is 31.6 Å². The van der Waals surface area contributed by atoms with E-state index >= 15 is 0 Å². The number of benzene rings is 2. The third-order valence-corrected chi connectivity index (χ3v) is 4.81. The van der Waals surface area contributed by atoms with Gasteiger partial charge in [0.25, 0.3) is 5.91 Å². The zero-order chi connectivity index (χ0) is 19.9. The molecule has 3 rings (SSSR count). The molecule has 0 atom stereocenters. The van der Waals surface area contributed by atoms with Gasteiger partial charge in [0.1, 0.15) is 31.1 Å². The van der Waals surface area contributed by atoms with Crippen molar-refractivity contribution in [3.05, 3.63) is 59.2 Å². The second-order valence-electron chi connectivity index (χ2n) is 6.72. The molecule has 0 spiro atoms. The number of phenolic OH excluding ortho intramolecular Hbond substituents is 1. The van der Waals surface area contributed by atoms with Crippen LogP contribution in [-0.2, 0) is 11.3 Å². The third-order valence-electron chi connectivity index (χ3n) is 4.81. The fourth-order valence-electron chi connectivity index (χ4n) is 3.17. The smallest absolute Gasteiger partial charge is 0.275 e. The largest absolute Gasteiger partial charge is 0.507 e. The molecule has 0 saturated carbocycles. The lowest BCUT2D eigenvalue weighted by Crippen LogP contribution is -3.12. The molecule has 0 aromatic heterocycles. The summed E-state index contributed by atoms with van der Waals surface area (Å²) in [6.07, 6.45) is 0. The molecule has 0 radical (unpaired) electrons. The van der Waals surface area contributed by atoms with Crippen molar-refractivity contribution < 1.29 is 24.3 Å². The van der Waals surface area contributed by atoms with Crippen molar-refractivity contribution in [1.82, 2.24) is 5.43 Å². The molecule has 2 aromatic carbocycles. The molecule has 0 bridgehead atoms. The van der Waals surface area contributed by atoms with Crippen molar-refractivity contribution in [2.45, 2.75) is 13.5 Å². The molecule has 7 nitrogen and oxygen atoms in total. The number of rotatable bonds is 6. The second kappa shape index (κ2) is 9.34. The van der Waals surface area contributed by atoms with Crippen LogP contribution >= 0.6 is 0 Å². The molecule has 28 heavy (non-hydrogen) atoms. The van der Waals surface area contributed by atoms with Crippen LogP contribution in [0.5, 0.6) is 11.5 Å². The van der Waals surface area contributed by atoms with E-state index in [-0.39, 0.29) is 11.3 Å². The molecule has 0 aliphatic carbocycles. The van der Waals surface area contributed by atoms with E-state index in [0.29, 0.717) is 5.71 Å². The van der Waals surface area contributed by atoms with Gasteiger partial charge >= 0.3 is 0 Å². The van der Waals surface area contributed by atoms with Crippen LogP contribution < -0.4 is 15.1 Å². The number of methoxy groups -OCH3 is 1. The van der Waals surface area contributed by atoms with Gasteiger partial charge in [-0.2, -0.15) is 5.10 Å². The maximum Gasteiger partial charge on any atom is 0.275 e. The summed E-state index contributed by atoms with van der Waals surface area (Å²) in [6.45, 7) is 6.16. The first kappa shape index (κ1) is 19.9. The quantitative estimate of drug-likeness (QED) is 0.512. The van der Waals surface area contributed by atoms with Crippen LogP contribution in [0.4, 0.5) is 0 Å². The Morgan fingerprint density at radius 1 is 1.25 bits per heavy atom. The fraction of sp³-hybridized carbons (Fsp3) is 0.333. The number of para-hydroxylation sites is 1. The topological polar surface area (TPSA) is 84.6 Å². The molecule has 7 heteroatoms. The number of carbonyl (C=O) groups is 1. The van der Waals surface area contributed by atoms with Gasteiger partial charge in [-0.25, -0.2) is 5.43 Å². The van der Waals surface area contributed by atoms with E-state index in [1.807, 2.05) is 25.1 Å². The minimum atomic E-state index is -0.455. The number of carbonyl (C=O) groups excluding carboxylic acids is 1. The maximum absolute atomic E-state index is 12.2. The predicted molar refractivity (Wildman–Crippen MR) is 106 cm³/mol. The number of hydrogen-bond donors (Lipinski definition) is 3. The van der Waals surface area contributed by atoms with Gasteiger partial charge in [0.2, 0.25) is 0 Å². The van der Waals surface area contributed by atoms with Crippen molar-refractivity contribution in [1.29, 1.82) is 0 Å². The highest BCUT2D eigenvalue weighted by Gasteiger charge is 2.17. The Morgan fingerprint density at radius 2 is 2.00 bits per heavy atom. The molecular weight excluding hydrogens is 358 g/mol. The summed E-state index contributed by atoms with van der Waals surface area (Å²) in [5.41, 5.74) is 5.36. The lowest BCUT2D eigenvalue weighted by Gasteiger charge is -2.24. The number of morpholine rings is 1. The Labute approximate surface area is 164 Å². The zero-order valence-corrected chi connectivity index (χ0v) is 16.2. The van der Waals surface area contributed by atoms with Gasteiger partial charge in [0.15, 0.2) is 0 Å². The normalized spacial score (nSPS) is 15.3. The lowest BCUT2D eigenvalue weighted by atomic mass is 10.1. The first-order chi connectivity index (χ1) is 13.6. The average molecular weight is 384 g/mol. The number of hydrazone groups is 1. The Hall–Kier alpha value is -2.90. The SMILES string of the molecule is COc1ccc(/C(C)=N\NC(=O)c2ccccc2O)cc1C[NH+]1CCOCC1. The highest BCUT2D eigenvalue weighted by Crippen LogP contribution is 2.20. The average Bonchev–Trinajstić information content (AvgIpc) is 2.73. The molecular formula is C21H26N3O4+. The summed E-state index contributed by atoms with van der Waals surface area (Å²) in [4.78, 5) is 13.7. The van der Waals surface area contributed by atoms with Crippen molar-refractivity contribution in [3.63, 3.8) is 0 Å². The summed E-state index contributed by atoms with van der Waals surface area (Å²) in [7, 11) is 1.67. The van der Waals surface area contributed by atoms with E-state index < -0.39 is 5.91 Å². The van der Waals surface area contributed by atoms with Gasteiger partial charge < -0.3 is 19.5 Å². The van der Waals surface area contributed by atoms with Crippen LogP contribution in [0.15, 0.2) is 47.6 Å². The third kappa shape index (κ3) is 4.88. The van der Waals surface area contributed by atoms with Crippen LogP contribution in [0.3, 0.4) is 0 Å². The number of quaternary nitrogens is 1. The number of ether oxygens (including phenoxy) is 2. The van der Waals surface area contributed by atoms with Crippen LogP contribution in [-0.4, -0.2) is 50.1 Å². The van der Waals surface area contributed by atoms with Crippen LogP contribution in [0, 0.1) is 0 Å². The molecule has 0 unspecified atom stereocenters. The van der Waals surface area contributed by atoms with E-state index in [2.05, 4.69) is 10.5 Å². The summed E-state index contributed by atoms with van der Waals surface area (Å²) in [5.74, 6) is 0.311.